The fourth-order valence-corrected chi connectivity index (χ4v) is 9.60. The van der Waals surface area contributed by atoms with Crippen LogP contribution in [0.5, 0.6) is 0 Å². The van der Waals surface area contributed by atoms with Gasteiger partial charge in [0.05, 0.1) is 0 Å². The van der Waals surface area contributed by atoms with Crippen LogP contribution in [0.15, 0.2) is 22.3 Å². The molecule has 21 heavy (non-hydrogen) atoms. The van der Waals surface area contributed by atoms with Crippen molar-refractivity contribution in [3.63, 3.8) is 0 Å². The topological polar surface area (TPSA) is 26.3 Å². The van der Waals surface area contributed by atoms with Crippen molar-refractivity contribution in [3.05, 3.63) is 22.3 Å². The van der Waals surface area contributed by atoms with E-state index < -0.39 is 17.0 Å². The maximum absolute atomic E-state index is 11.9. The Hall–Kier alpha value is -0.336. The van der Waals surface area contributed by atoms with Crippen LogP contribution in [0.4, 0.5) is 0 Å². The number of fused-ring (bicyclic) bond motifs is 1. The number of hydrogen-bond acceptors (Lipinski definition) is 2. The van der Waals surface area contributed by atoms with Crippen molar-refractivity contribution in [2.75, 3.05) is 0 Å². The van der Waals surface area contributed by atoms with Crippen LogP contribution in [0.2, 0.25) is 14.7 Å². The Balaban J connectivity index is 1.97. The van der Waals surface area contributed by atoms with Crippen LogP contribution in [0.25, 0.3) is 0 Å². The Bertz CT molecular complexity index is 481. The zero-order valence-electron chi connectivity index (χ0n) is 13.8. The molecule has 0 atom stereocenters. The zero-order chi connectivity index (χ0) is 15.0. The van der Waals surface area contributed by atoms with E-state index in [1.54, 1.807) is 22.3 Å². The van der Waals surface area contributed by atoms with E-state index in [0.717, 1.165) is 0 Å². The molecule has 0 aromatic rings. The summed E-state index contributed by atoms with van der Waals surface area (Å²) in [5.41, 5.74) is 6.79. The number of carbonyl (C=O) groups is 1. The molecule has 0 fully saturated rings. The van der Waals surface area contributed by atoms with Crippen molar-refractivity contribution < 1.29 is 25.1 Å². The molecular weight excluding hydrogens is 296 g/mol. The Morgan fingerprint density at radius 3 is 1.95 bits per heavy atom. The first-order valence-corrected chi connectivity index (χ1v) is 13.4. The first-order chi connectivity index (χ1) is 10.0. The van der Waals surface area contributed by atoms with Gasteiger partial charge in [-0.2, -0.15) is 0 Å². The van der Waals surface area contributed by atoms with E-state index >= 15 is 0 Å². The van der Waals surface area contributed by atoms with Gasteiger partial charge in [0.25, 0.3) is 0 Å². The van der Waals surface area contributed by atoms with Crippen molar-refractivity contribution >= 4 is 5.97 Å². The van der Waals surface area contributed by atoms with Crippen LogP contribution in [-0.4, -0.2) is 5.97 Å². The molecular formula is C18H28O2Ti. The first-order valence-electron chi connectivity index (χ1n) is 8.70. The monoisotopic (exact) mass is 324 g/mol. The molecule has 0 N–H and O–H groups in total. The Morgan fingerprint density at radius 1 is 1.00 bits per heavy atom. The molecule has 3 aliphatic carbocycles. The SMILES string of the molecule is CCC(=O)[O][Ti]([CH3])([CH3])[CH]1C2=C(CCCC2)C2=C1CCCC2. The van der Waals surface area contributed by atoms with E-state index in [-0.39, 0.29) is 5.97 Å². The van der Waals surface area contributed by atoms with Crippen LogP contribution in [0, 0.1) is 0 Å². The predicted octanol–water partition coefficient (Wildman–Crippen LogP) is 5.65. The van der Waals surface area contributed by atoms with E-state index in [1.807, 2.05) is 6.92 Å². The molecule has 0 heterocycles. The van der Waals surface area contributed by atoms with Crippen LogP contribution < -0.4 is 0 Å². The van der Waals surface area contributed by atoms with Gasteiger partial charge in [0.15, 0.2) is 0 Å². The first kappa shape index (κ1) is 15.6. The second-order valence-corrected chi connectivity index (χ2v) is 13.5. The average molecular weight is 324 g/mol. The molecule has 0 saturated carbocycles. The number of carbonyl (C=O) groups excluding carboxylic acids is 1. The minimum absolute atomic E-state index is 0.0165. The van der Waals surface area contributed by atoms with E-state index in [1.165, 1.54) is 51.4 Å². The van der Waals surface area contributed by atoms with Crippen LogP contribution in [0.3, 0.4) is 0 Å². The van der Waals surface area contributed by atoms with Crippen LogP contribution >= 0.6 is 0 Å². The second kappa shape index (κ2) is 6.04. The molecule has 0 aromatic heterocycles. The van der Waals surface area contributed by atoms with E-state index in [0.29, 0.717) is 10.6 Å². The van der Waals surface area contributed by atoms with Gasteiger partial charge < -0.3 is 0 Å². The maximum atomic E-state index is 11.9. The minimum atomic E-state index is -2.61. The molecule has 0 saturated heterocycles. The fourth-order valence-electron chi connectivity index (χ4n) is 4.66. The molecule has 3 rings (SSSR count). The molecule has 0 aromatic carbocycles. The summed E-state index contributed by atoms with van der Waals surface area (Å²) in [5.74, 6) is 0.0165. The standard InChI is InChI=1S/C13H17.C3H6O2.2CH3.Ti/c1-3-7-12-10(5-1)9-11-6-2-4-8-13(11)12;1-2-3(4)5;;;/h9H,1-8H2;2H2,1H3,(H,4,5);2*1H3;/q;;;;+1/p-1. The number of allylic oxidation sites excluding steroid dienone is 4. The number of hydrogen-bond donors (Lipinski definition) is 0. The molecule has 0 aliphatic heterocycles. The van der Waals surface area contributed by atoms with Gasteiger partial charge >= 0.3 is 133 Å². The summed E-state index contributed by atoms with van der Waals surface area (Å²) in [6.07, 6.45) is 11.0. The summed E-state index contributed by atoms with van der Waals surface area (Å²) in [4.78, 5) is 11.9. The number of rotatable bonds is 3. The summed E-state index contributed by atoms with van der Waals surface area (Å²) >= 11 is -2.61. The van der Waals surface area contributed by atoms with E-state index in [9.17, 15) is 4.79 Å². The molecule has 3 aliphatic rings. The normalized spacial score (nSPS) is 23.2. The zero-order valence-corrected chi connectivity index (χ0v) is 15.3. The van der Waals surface area contributed by atoms with Crippen molar-refractivity contribution in [2.45, 2.75) is 79.4 Å². The van der Waals surface area contributed by atoms with Crippen molar-refractivity contribution in [1.29, 1.82) is 0 Å². The third kappa shape index (κ3) is 2.82. The third-order valence-electron chi connectivity index (χ3n) is 5.44. The van der Waals surface area contributed by atoms with Crippen molar-refractivity contribution in [3.8, 4) is 0 Å². The van der Waals surface area contributed by atoms with Crippen molar-refractivity contribution in [1.82, 2.24) is 0 Å². The molecule has 3 heteroatoms. The van der Waals surface area contributed by atoms with Gasteiger partial charge in [0.2, 0.25) is 0 Å². The van der Waals surface area contributed by atoms with Gasteiger partial charge in [-0.3, -0.25) is 0 Å². The Labute approximate surface area is 132 Å². The second-order valence-electron chi connectivity index (χ2n) is 7.29. The average Bonchev–Trinajstić information content (AvgIpc) is 2.82. The Kier molecular flexibility index (Phi) is 4.48. The van der Waals surface area contributed by atoms with Gasteiger partial charge in [0.1, 0.15) is 0 Å². The summed E-state index contributed by atoms with van der Waals surface area (Å²) in [6, 6.07) is 0. The summed E-state index contributed by atoms with van der Waals surface area (Å²) in [7, 11) is 0. The summed E-state index contributed by atoms with van der Waals surface area (Å²) in [5, 5.41) is 4.62. The Morgan fingerprint density at radius 2 is 1.48 bits per heavy atom. The van der Waals surface area contributed by atoms with Crippen LogP contribution in [-0.2, 0) is 25.1 Å². The van der Waals surface area contributed by atoms with E-state index in [4.69, 9.17) is 3.32 Å². The third-order valence-corrected chi connectivity index (χ3v) is 9.88. The van der Waals surface area contributed by atoms with Crippen molar-refractivity contribution in [2.24, 2.45) is 0 Å². The van der Waals surface area contributed by atoms with Gasteiger partial charge in [-0.25, -0.2) is 0 Å². The molecule has 0 spiro atoms. The molecule has 0 bridgehead atoms. The van der Waals surface area contributed by atoms with Gasteiger partial charge in [-0.15, -0.1) is 0 Å². The quantitative estimate of drug-likeness (QED) is 0.627. The molecule has 2 nitrogen and oxygen atoms in total. The predicted molar refractivity (Wildman–Crippen MR) is 82.8 cm³/mol. The molecule has 0 amide bonds. The van der Waals surface area contributed by atoms with Gasteiger partial charge in [0, 0.05) is 0 Å². The fraction of sp³-hybridized carbons (Fsp3) is 0.722. The summed E-state index contributed by atoms with van der Waals surface area (Å²) in [6.45, 7) is 1.91. The molecule has 0 radical (unpaired) electrons. The molecule has 0 unspecified atom stereocenters. The van der Waals surface area contributed by atoms with Crippen LogP contribution in [0.1, 0.15) is 64.7 Å². The van der Waals surface area contributed by atoms with Gasteiger partial charge in [-0.05, 0) is 0 Å². The van der Waals surface area contributed by atoms with E-state index in [2.05, 4.69) is 10.5 Å². The summed E-state index contributed by atoms with van der Waals surface area (Å²) < 4.78 is 6.60. The molecule has 116 valence electrons. The van der Waals surface area contributed by atoms with Gasteiger partial charge in [-0.1, -0.05) is 0 Å².